The maximum Gasteiger partial charge on any atom is 0.160 e. The van der Waals surface area contributed by atoms with Crippen LogP contribution in [0.2, 0.25) is 0 Å². The molecule has 62 heavy (non-hydrogen) atoms. The molecule has 0 radical (unpaired) electrons. The molecule has 0 saturated carbocycles. The lowest BCUT2D eigenvalue weighted by molar-refractivity contribution is 1.18. The van der Waals surface area contributed by atoms with E-state index in [4.69, 9.17) is 9.97 Å². The van der Waals surface area contributed by atoms with Gasteiger partial charge in [-0.15, -0.1) is 11.3 Å². The normalized spacial score (nSPS) is 12.2. The van der Waals surface area contributed by atoms with Crippen molar-refractivity contribution in [3.05, 3.63) is 200 Å². The van der Waals surface area contributed by atoms with Crippen LogP contribution in [0.15, 0.2) is 200 Å². The molecule has 13 aromatic rings. The Balaban J connectivity index is 0.987. The van der Waals surface area contributed by atoms with Crippen molar-refractivity contribution in [1.29, 1.82) is 0 Å². The number of benzene rings is 10. The van der Waals surface area contributed by atoms with Gasteiger partial charge in [-0.1, -0.05) is 158 Å². The highest BCUT2D eigenvalue weighted by molar-refractivity contribution is 7.26. The van der Waals surface area contributed by atoms with E-state index < -0.39 is 0 Å². The first kappa shape index (κ1) is 33.9. The van der Waals surface area contributed by atoms with Gasteiger partial charge in [-0.2, -0.15) is 0 Å². The molecule has 0 unspecified atom stereocenters. The van der Waals surface area contributed by atoms with Crippen LogP contribution in [-0.2, 0) is 0 Å². The molecule has 0 saturated heterocycles. The van der Waals surface area contributed by atoms with Crippen molar-refractivity contribution < 1.29 is 0 Å². The fourth-order valence-electron chi connectivity index (χ4n) is 10.4. The third-order valence-electron chi connectivity index (χ3n) is 13.2. The Morgan fingerprint density at radius 1 is 0.371 bits per heavy atom. The van der Waals surface area contributed by atoms with Crippen LogP contribution in [0.25, 0.3) is 136 Å². The molecule has 286 valence electrons. The minimum absolute atomic E-state index is 0.719. The quantitative estimate of drug-likeness (QED) is 0.177. The summed E-state index contributed by atoms with van der Waals surface area (Å²) >= 11 is 1.79. The van der Waals surface area contributed by atoms with Crippen LogP contribution in [-0.4, -0.2) is 14.5 Å². The van der Waals surface area contributed by atoms with Gasteiger partial charge in [0.25, 0.3) is 0 Å². The highest BCUT2D eigenvalue weighted by Gasteiger charge is 2.25. The molecule has 14 rings (SSSR count). The van der Waals surface area contributed by atoms with E-state index in [9.17, 15) is 0 Å². The Bertz CT molecular complexity index is 3900. The summed E-state index contributed by atoms with van der Waals surface area (Å²) < 4.78 is 4.73. The zero-order chi connectivity index (χ0) is 40.5. The smallest absolute Gasteiger partial charge is 0.160 e. The SMILES string of the molecule is c1ccc(-c2ccc3c(c2)sc2c(-c4ccc5c6c(cccc46)-c4ccccc4-5)nc(-c4ccc(-n5c6ccc7ccccc7c6c6c7ccccc7ccc65)cc4)nc23)cc1. The van der Waals surface area contributed by atoms with Crippen LogP contribution < -0.4 is 0 Å². The van der Waals surface area contributed by atoms with Crippen molar-refractivity contribution in [2.75, 3.05) is 0 Å². The third-order valence-corrected chi connectivity index (χ3v) is 14.3. The number of aromatic nitrogens is 3. The Kier molecular flexibility index (Phi) is 6.99. The Morgan fingerprint density at radius 3 is 1.69 bits per heavy atom. The summed E-state index contributed by atoms with van der Waals surface area (Å²) in [6.45, 7) is 0. The van der Waals surface area contributed by atoms with E-state index in [0.29, 0.717) is 0 Å². The number of rotatable bonds is 4. The summed E-state index contributed by atoms with van der Waals surface area (Å²) in [5.74, 6) is 0.719. The molecule has 0 N–H and O–H groups in total. The van der Waals surface area contributed by atoms with Gasteiger partial charge in [-0.3, -0.25) is 0 Å². The van der Waals surface area contributed by atoms with Gasteiger partial charge in [-0.25, -0.2) is 9.97 Å². The average molecular weight is 804 g/mol. The summed E-state index contributed by atoms with van der Waals surface area (Å²) in [5.41, 5.74) is 15.1. The van der Waals surface area contributed by atoms with Crippen LogP contribution in [0.1, 0.15) is 0 Å². The monoisotopic (exact) mass is 803 g/mol. The lowest BCUT2D eigenvalue weighted by Crippen LogP contribution is -1.96. The highest BCUT2D eigenvalue weighted by Crippen LogP contribution is 2.51. The first-order valence-electron chi connectivity index (χ1n) is 21.2. The molecular weight excluding hydrogens is 771 g/mol. The summed E-state index contributed by atoms with van der Waals surface area (Å²) in [6.07, 6.45) is 0. The van der Waals surface area contributed by atoms with E-state index in [1.54, 1.807) is 11.3 Å². The summed E-state index contributed by atoms with van der Waals surface area (Å²) in [6, 6.07) is 72.9. The second kappa shape index (κ2) is 12.8. The minimum atomic E-state index is 0.719. The van der Waals surface area contributed by atoms with Crippen LogP contribution in [0.4, 0.5) is 0 Å². The second-order valence-corrected chi connectivity index (χ2v) is 17.5. The molecule has 4 heteroatoms. The number of hydrogen-bond donors (Lipinski definition) is 0. The molecule has 0 atom stereocenters. The topological polar surface area (TPSA) is 30.7 Å². The van der Waals surface area contributed by atoms with E-state index in [1.165, 1.54) is 92.2 Å². The zero-order valence-electron chi connectivity index (χ0n) is 33.3. The summed E-state index contributed by atoms with van der Waals surface area (Å²) in [7, 11) is 0. The van der Waals surface area contributed by atoms with Gasteiger partial charge in [0.05, 0.1) is 26.9 Å². The van der Waals surface area contributed by atoms with Gasteiger partial charge in [0.15, 0.2) is 5.82 Å². The molecule has 10 aromatic carbocycles. The van der Waals surface area contributed by atoms with Gasteiger partial charge in [0.2, 0.25) is 0 Å². The molecule has 0 fully saturated rings. The lowest BCUT2D eigenvalue weighted by Gasteiger charge is -2.12. The van der Waals surface area contributed by atoms with Crippen molar-refractivity contribution in [2.24, 2.45) is 0 Å². The minimum Gasteiger partial charge on any atom is -0.309 e. The molecule has 0 spiro atoms. The Labute approximate surface area is 360 Å². The number of nitrogens with zero attached hydrogens (tertiary/aromatic N) is 3. The van der Waals surface area contributed by atoms with E-state index in [-0.39, 0.29) is 0 Å². The van der Waals surface area contributed by atoms with E-state index >= 15 is 0 Å². The largest absolute Gasteiger partial charge is 0.309 e. The van der Waals surface area contributed by atoms with Crippen molar-refractivity contribution in [3.8, 4) is 61.7 Å². The maximum absolute atomic E-state index is 5.55. The standard InChI is InChI=1S/C58H33N3S/c1-2-11-34(12-3-1)38-23-28-48-51(33-38)62-57-55(47-30-29-46-43-18-9-8-17-42(43)44-19-10-20-45(47)52(44)46)59-58(60-56(48)57)37-21-26-39(27-22-37)61-49-31-24-35-13-4-6-15-40(35)53(49)54-41-16-7-5-14-36(41)25-32-50(54)61/h1-33H. The number of fused-ring (bicyclic) bond motifs is 13. The Morgan fingerprint density at radius 2 is 0.968 bits per heavy atom. The van der Waals surface area contributed by atoms with Crippen molar-refractivity contribution in [3.63, 3.8) is 0 Å². The second-order valence-electron chi connectivity index (χ2n) is 16.4. The van der Waals surface area contributed by atoms with Gasteiger partial charge >= 0.3 is 0 Å². The molecule has 3 aromatic heterocycles. The van der Waals surface area contributed by atoms with Crippen molar-refractivity contribution in [2.45, 2.75) is 0 Å². The maximum atomic E-state index is 5.55. The van der Waals surface area contributed by atoms with Crippen molar-refractivity contribution in [1.82, 2.24) is 14.5 Å². The van der Waals surface area contributed by atoms with Crippen LogP contribution in [0.3, 0.4) is 0 Å². The lowest BCUT2D eigenvalue weighted by atomic mass is 9.96. The van der Waals surface area contributed by atoms with Gasteiger partial charge in [-0.05, 0) is 108 Å². The molecule has 0 amide bonds. The Hall–Kier alpha value is -7.92. The van der Waals surface area contributed by atoms with Crippen LogP contribution >= 0.6 is 11.3 Å². The molecule has 0 bridgehead atoms. The molecule has 3 heterocycles. The van der Waals surface area contributed by atoms with Crippen LogP contribution in [0.5, 0.6) is 0 Å². The zero-order valence-corrected chi connectivity index (χ0v) is 34.1. The molecule has 0 aliphatic heterocycles. The van der Waals surface area contributed by atoms with Crippen molar-refractivity contribution >= 4 is 85.8 Å². The number of hydrogen-bond acceptors (Lipinski definition) is 3. The summed E-state index contributed by atoms with van der Waals surface area (Å²) in [4.78, 5) is 11.0. The van der Waals surface area contributed by atoms with E-state index in [1.807, 2.05) is 0 Å². The molecule has 3 nitrogen and oxygen atoms in total. The van der Waals surface area contributed by atoms with Gasteiger partial charge in [0, 0.05) is 37.7 Å². The van der Waals surface area contributed by atoms with E-state index in [2.05, 4.69) is 205 Å². The fourth-order valence-corrected chi connectivity index (χ4v) is 11.5. The predicted molar refractivity (Wildman–Crippen MR) is 263 cm³/mol. The van der Waals surface area contributed by atoms with E-state index in [0.717, 1.165) is 43.9 Å². The fraction of sp³-hybridized carbons (Fsp3) is 0. The van der Waals surface area contributed by atoms with Gasteiger partial charge in [0.1, 0.15) is 0 Å². The summed E-state index contributed by atoms with van der Waals surface area (Å²) in [5, 5.41) is 11.2. The third kappa shape index (κ3) is 4.75. The average Bonchev–Trinajstić information content (AvgIpc) is 4.00. The predicted octanol–water partition coefficient (Wildman–Crippen LogP) is 16.0. The molecule has 1 aliphatic rings. The first-order valence-corrected chi connectivity index (χ1v) is 22.0. The van der Waals surface area contributed by atoms with Gasteiger partial charge < -0.3 is 4.57 Å². The highest BCUT2D eigenvalue weighted by atomic mass is 32.1. The first-order chi connectivity index (χ1) is 30.7. The molecular formula is C58H33N3S. The number of thiophene rings is 1. The molecule has 1 aliphatic carbocycles. The van der Waals surface area contributed by atoms with Crippen LogP contribution in [0, 0.1) is 0 Å².